The van der Waals surface area contributed by atoms with Crippen molar-refractivity contribution in [3.05, 3.63) is 72.1 Å². The molecule has 5 rings (SSSR count). The van der Waals surface area contributed by atoms with Crippen molar-refractivity contribution < 1.29 is 22.3 Å². The van der Waals surface area contributed by atoms with Gasteiger partial charge >= 0.3 is 6.18 Å². The lowest BCUT2D eigenvalue weighted by molar-refractivity contribution is -0.141. The van der Waals surface area contributed by atoms with Crippen LogP contribution < -0.4 is 9.64 Å². The molecule has 0 atom stereocenters. The SMILES string of the molecule is Cc1cc2nccn2cc1-c1nc(N2CCC(Oc3ccc(F)cc3)CC2)cc(C(F)(F)F)n1. The summed E-state index contributed by atoms with van der Waals surface area (Å²) in [6.45, 7) is 2.74. The van der Waals surface area contributed by atoms with Gasteiger partial charge in [0.1, 0.15) is 29.1 Å². The van der Waals surface area contributed by atoms with Crippen LogP contribution in [0.4, 0.5) is 23.4 Å². The number of piperidine rings is 1. The summed E-state index contributed by atoms with van der Waals surface area (Å²) in [5.41, 5.74) is 0.946. The molecule has 1 aromatic carbocycles. The van der Waals surface area contributed by atoms with Crippen LogP contribution in [-0.4, -0.2) is 38.5 Å². The van der Waals surface area contributed by atoms with Crippen LogP contribution in [0.25, 0.3) is 17.0 Å². The molecule has 1 saturated heterocycles. The Morgan fingerprint density at radius 3 is 2.47 bits per heavy atom. The Kier molecular flexibility index (Phi) is 5.59. The molecule has 4 aromatic rings. The molecule has 1 aliphatic heterocycles. The number of aryl methyl sites for hydroxylation is 1. The van der Waals surface area contributed by atoms with Crippen LogP contribution in [0, 0.1) is 12.7 Å². The standard InChI is InChI=1S/C24H21F4N5O/c1-15-12-21-29-8-11-33(21)14-19(15)23-30-20(24(26,27)28)13-22(31-23)32-9-6-18(7-10-32)34-17-4-2-16(25)3-5-17/h2-5,8,11-14,18H,6-7,9-10H2,1H3. The van der Waals surface area contributed by atoms with E-state index in [1.165, 1.54) is 12.1 Å². The van der Waals surface area contributed by atoms with E-state index in [0.717, 1.165) is 11.6 Å². The summed E-state index contributed by atoms with van der Waals surface area (Å²) in [6.07, 6.45) is 1.50. The number of hydrogen-bond acceptors (Lipinski definition) is 5. The highest BCUT2D eigenvalue weighted by Gasteiger charge is 2.35. The number of nitrogens with zero attached hydrogens (tertiary/aromatic N) is 5. The molecule has 4 heterocycles. The van der Waals surface area contributed by atoms with Crippen molar-refractivity contribution in [2.45, 2.75) is 32.0 Å². The molecule has 0 unspecified atom stereocenters. The van der Waals surface area contributed by atoms with Crippen LogP contribution in [0.1, 0.15) is 24.1 Å². The quantitative estimate of drug-likeness (QED) is 0.378. The second-order valence-corrected chi connectivity index (χ2v) is 8.25. The topological polar surface area (TPSA) is 55.5 Å². The summed E-state index contributed by atoms with van der Waals surface area (Å²) >= 11 is 0. The van der Waals surface area contributed by atoms with Gasteiger partial charge in [-0.1, -0.05) is 0 Å². The van der Waals surface area contributed by atoms with Gasteiger partial charge < -0.3 is 14.0 Å². The Morgan fingerprint density at radius 1 is 1.03 bits per heavy atom. The van der Waals surface area contributed by atoms with Gasteiger partial charge in [0.15, 0.2) is 11.5 Å². The smallest absolute Gasteiger partial charge is 0.433 e. The van der Waals surface area contributed by atoms with Crippen LogP contribution in [0.2, 0.25) is 0 Å². The summed E-state index contributed by atoms with van der Waals surface area (Å²) in [5, 5.41) is 0. The van der Waals surface area contributed by atoms with Crippen molar-refractivity contribution in [3.8, 4) is 17.1 Å². The van der Waals surface area contributed by atoms with Crippen molar-refractivity contribution in [3.63, 3.8) is 0 Å². The summed E-state index contributed by atoms with van der Waals surface area (Å²) in [7, 11) is 0. The van der Waals surface area contributed by atoms with E-state index in [9.17, 15) is 17.6 Å². The highest BCUT2D eigenvalue weighted by atomic mass is 19.4. The van der Waals surface area contributed by atoms with Crippen molar-refractivity contribution in [2.75, 3.05) is 18.0 Å². The minimum atomic E-state index is -4.61. The maximum absolute atomic E-state index is 13.7. The van der Waals surface area contributed by atoms with E-state index >= 15 is 0 Å². The molecule has 1 fully saturated rings. The monoisotopic (exact) mass is 471 g/mol. The Labute approximate surface area is 192 Å². The van der Waals surface area contributed by atoms with Crippen molar-refractivity contribution in [2.24, 2.45) is 0 Å². The molecule has 10 heteroatoms. The first-order valence-corrected chi connectivity index (χ1v) is 10.8. The Morgan fingerprint density at radius 2 is 1.76 bits per heavy atom. The first-order chi connectivity index (χ1) is 16.3. The first kappa shape index (κ1) is 22.1. The van der Waals surface area contributed by atoms with E-state index in [-0.39, 0.29) is 23.6 Å². The number of halogens is 4. The molecule has 0 aliphatic carbocycles. The van der Waals surface area contributed by atoms with Gasteiger partial charge in [0.05, 0.1) is 0 Å². The highest BCUT2D eigenvalue weighted by Crippen LogP contribution is 2.33. The number of pyridine rings is 1. The second-order valence-electron chi connectivity index (χ2n) is 8.25. The predicted octanol–water partition coefficient (Wildman–Crippen LogP) is 5.31. The summed E-state index contributed by atoms with van der Waals surface area (Å²) in [4.78, 5) is 14.4. The second kappa shape index (κ2) is 8.58. The van der Waals surface area contributed by atoms with Gasteiger partial charge in [-0.15, -0.1) is 0 Å². The zero-order valence-corrected chi connectivity index (χ0v) is 18.3. The molecule has 0 radical (unpaired) electrons. The maximum Gasteiger partial charge on any atom is 0.433 e. The number of hydrogen-bond donors (Lipinski definition) is 0. The molecule has 0 bridgehead atoms. The van der Waals surface area contributed by atoms with Crippen LogP contribution in [0.5, 0.6) is 5.75 Å². The largest absolute Gasteiger partial charge is 0.490 e. The van der Waals surface area contributed by atoms with E-state index in [2.05, 4.69) is 15.0 Å². The van der Waals surface area contributed by atoms with Crippen molar-refractivity contribution >= 4 is 11.5 Å². The van der Waals surface area contributed by atoms with E-state index < -0.39 is 11.9 Å². The zero-order valence-electron chi connectivity index (χ0n) is 18.3. The molecule has 0 spiro atoms. The molecule has 0 saturated carbocycles. The Bertz CT molecular complexity index is 1310. The lowest BCUT2D eigenvalue weighted by Crippen LogP contribution is -2.39. The molecular weight excluding hydrogens is 450 g/mol. The average molecular weight is 471 g/mol. The Balaban J connectivity index is 1.41. The van der Waals surface area contributed by atoms with Gasteiger partial charge in [0.2, 0.25) is 0 Å². The predicted molar refractivity (Wildman–Crippen MR) is 118 cm³/mol. The first-order valence-electron chi connectivity index (χ1n) is 10.8. The van der Waals surface area contributed by atoms with Crippen molar-refractivity contribution in [1.29, 1.82) is 0 Å². The molecule has 34 heavy (non-hydrogen) atoms. The van der Waals surface area contributed by atoms with Gasteiger partial charge in [-0.05, 0) is 42.8 Å². The lowest BCUT2D eigenvalue weighted by atomic mass is 10.1. The summed E-state index contributed by atoms with van der Waals surface area (Å²) in [6, 6.07) is 8.57. The number of anilines is 1. The molecule has 6 nitrogen and oxygen atoms in total. The van der Waals surface area contributed by atoms with E-state index in [0.29, 0.717) is 42.9 Å². The number of imidazole rings is 1. The molecular formula is C24H21F4N5O. The van der Waals surface area contributed by atoms with Crippen LogP contribution in [0.3, 0.4) is 0 Å². The Hall–Kier alpha value is -3.69. The minimum absolute atomic E-state index is 0.0163. The van der Waals surface area contributed by atoms with Gasteiger partial charge in [-0.25, -0.2) is 19.3 Å². The van der Waals surface area contributed by atoms with Gasteiger partial charge in [-0.2, -0.15) is 13.2 Å². The zero-order chi connectivity index (χ0) is 23.9. The van der Waals surface area contributed by atoms with E-state index in [1.807, 2.05) is 4.90 Å². The lowest BCUT2D eigenvalue weighted by Gasteiger charge is -2.33. The average Bonchev–Trinajstić information content (AvgIpc) is 3.27. The molecule has 3 aromatic heterocycles. The highest BCUT2D eigenvalue weighted by molar-refractivity contribution is 5.64. The molecule has 0 amide bonds. The molecule has 176 valence electrons. The van der Waals surface area contributed by atoms with Crippen LogP contribution in [-0.2, 0) is 6.18 Å². The molecule has 1 aliphatic rings. The third-order valence-corrected chi connectivity index (χ3v) is 5.86. The molecule has 0 N–H and O–H groups in total. The summed E-state index contributed by atoms with van der Waals surface area (Å²) in [5.74, 6) is 0.462. The van der Waals surface area contributed by atoms with Crippen LogP contribution >= 0.6 is 0 Å². The number of aromatic nitrogens is 4. The number of fused-ring (bicyclic) bond motifs is 1. The third kappa shape index (κ3) is 4.52. The van der Waals surface area contributed by atoms with Gasteiger partial charge in [0, 0.05) is 56.2 Å². The normalized spacial score (nSPS) is 15.1. The fraction of sp³-hybridized carbons (Fsp3) is 0.292. The third-order valence-electron chi connectivity index (χ3n) is 5.86. The maximum atomic E-state index is 13.7. The minimum Gasteiger partial charge on any atom is -0.490 e. The van der Waals surface area contributed by atoms with Crippen LogP contribution in [0.15, 0.2) is 55.0 Å². The number of benzene rings is 1. The number of alkyl halides is 3. The summed E-state index contributed by atoms with van der Waals surface area (Å²) < 4.78 is 61.8. The van der Waals surface area contributed by atoms with Crippen molar-refractivity contribution in [1.82, 2.24) is 19.4 Å². The fourth-order valence-corrected chi connectivity index (χ4v) is 4.06. The fourth-order valence-electron chi connectivity index (χ4n) is 4.06. The number of rotatable bonds is 4. The number of ether oxygens (including phenoxy) is 1. The van der Waals surface area contributed by atoms with Gasteiger partial charge in [0.25, 0.3) is 0 Å². The van der Waals surface area contributed by atoms with E-state index in [1.54, 1.807) is 48.1 Å². The van der Waals surface area contributed by atoms with E-state index in [4.69, 9.17) is 4.74 Å². The van der Waals surface area contributed by atoms with Gasteiger partial charge in [-0.3, -0.25) is 0 Å².